The van der Waals surface area contributed by atoms with Crippen molar-refractivity contribution in [3.8, 4) is 0 Å². The highest BCUT2D eigenvalue weighted by molar-refractivity contribution is 5.31. The van der Waals surface area contributed by atoms with E-state index in [1.165, 1.54) is 106 Å². The predicted molar refractivity (Wildman–Crippen MR) is 235 cm³/mol. The summed E-state index contributed by atoms with van der Waals surface area (Å²) >= 11 is 0. The number of hydrogen-bond donors (Lipinski definition) is 1. The van der Waals surface area contributed by atoms with Gasteiger partial charge in [0.15, 0.2) is 5.79 Å². The van der Waals surface area contributed by atoms with Gasteiger partial charge in [0.05, 0.1) is 41.6 Å². The molecule has 1 spiro atoms. The van der Waals surface area contributed by atoms with E-state index < -0.39 is 5.79 Å². The van der Waals surface area contributed by atoms with Gasteiger partial charge in [0.2, 0.25) is 0 Å². The third-order valence-corrected chi connectivity index (χ3v) is 22.9. The third-order valence-electron chi connectivity index (χ3n) is 22.9. The van der Waals surface area contributed by atoms with Gasteiger partial charge in [0.25, 0.3) is 0 Å². The van der Waals surface area contributed by atoms with E-state index in [0.29, 0.717) is 52.3 Å². The van der Waals surface area contributed by atoms with E-state index in [1.807, 2.05) is 0 Å². The van der Waals surface area contributed by atoms with Crippen molar-refractivity contribution in [1.82, 2.24) is 9.97 Å². The largest absolute Gasteiger partial charge is 0.393 e. The molecule has 1 aromatic rings. The molecule has 2 aliphatic heterocycles. The van der Waals surface area contributed by atoms with Crippen LogP contribution in [0.5, 0.6) is 0 Å². The van der Waals surface area contributed by atoms with Gasteiger partial charge in [0, 0.05) is 23.7 Å². The maximum atomic E-state index is 12.5. The summed E-state index contributed by atoms with van der Waals surface area (Å²) in [7, 11) is 0. The Morgan fingerprint density at radius 1 is 0.678 bits per heavy atom. The van der Waals surface area contributed by atoms with Crippen molar-refractivity contribution >= 4 is 0 Å². The minimum absolute atomic E-state index is 0.0938. The van der Waals surface area contributed by atoms with Gasteiger partial charge in [-0.3, -0.25) is 9.97 Å². The van der Waals surface area contributed by atoms with Crippen molar-refractivity contribution in [3.05, 3.63) is 22.8 Å². The molecule has 328 valence electrons. The molecule has 0 unspecified atom stereocenters. The monoisotopic (exact) mass is 809 g/mol. The molecule has 2 saturated heterocycles. The molecule has 0 aromatic carbocycles. The van der Waals surface area contributed by atoms with E-state index in [0.717, 1.165) is 86.6 Å². The first-order valence-electron chi connectivity index (χ1n) is 26.0. The highest BCUT2D eigenvalue weighted by atomic mass is 16.7. The molecule has 0 radical (unpaired) electrons. The lowest BCUT2D eigenvalue weighted by Gasteiger charge is -2.62. The molecule has 1 N–H and O–H groups in total. The van der Waals surface area contributed by atoms with Crippen LogP contribution in [0.15, 0.2) is 0 Å². The van der Waals surface area contributed by atoms with E-state index in [1.54, 1.807) is 0 Å². The summed E-state index contributed by atoms with van der Waals surface area (Å²) in [4.78, 5) is 11.5. The van der Waals surface area contributed by atoms with Crippen LogP contribution < -0.4 is 0 Å². The fourth-order valence-electron chi connectivity index (χ4n) is 19.7. The first-order chi connectivity index (χ1) is 28.1. The van der Waals surface area contributed by atoms with E-state index in [9.17, 15) is 5.11 Å². The maximum Gasteiger partial charge on any atom is 0.171 e. The normalized spacial score (nSPS) is 53.6. The van der Waals surface area contributed by atoms with Gasteiger partial charge in [-0.25, -0.2) is 0 Å². The minimum Gasteiger partial charge on any atom is -0.393 e. The molecule has 11 rings (SSSR count). The second-order valence-electron chi connectivity index (χ2n) is 25.7. The SMILES string of the molecule is CC(C)CCC[C@@H](C)[C@H]1CC[C@H]2[C@@H]3CC[C@H]4Cc5nc6c(nc5C[C@]4(C)[C@H]3CC[C@]12C)C[C@@H]1CC[C@@H]2[C@H](C[C@@H](O)[C@]3(C)[C@@H]4[C@H](C[C@@H]23)O[C@]2(CC[C@@H](C)CO2)[C@H]4C)[C@@]1(C)C6. The number of nitrogens with zero attached hydrogens (tertiary/aromatic N) is 2. The molecule has 6 saturated carbocycles. The Morgan fingerprint density at radius 2 is 1.32 bits per heavy atom. The summed E-state index contributed by atoms with van der Waals surface area (Å²) in [6.45, 7) is 23.5. The molecule has 8 aliphatic carbocycles. The molecule has 8 fully saturated rings. The lowest BCUT2D eigenvalue weighted by Crippen LogP contribution is -2.60. The molecular formula is C54H84N2O3. The van der Waals surface area contributed by atoms with Crippen LogP contribution in [-0.2, 0) is 35.2 Å². The summed E-state index contributed by atoms with van der Waals surface area (Å²) in [6, 6.07) is 0. The van der Waals surface area contributed by atoms with Gasteiger partial charge in [-0.15, -0.1) is 0 Å². The zero-order valence-corrected chi connectivity index (χ0v) is 39.0. The lowest BCUT2D eigenvalue weighted by molar-refractivity contribution is -0.274. The van der Waals surface area contributed by atoms with E-state index in [-0.39, 0.29) is 23.0 Å². The van der Waals surface area contributed by atoms with Crippen molar-refractivity contribution in [2.45, 2.75) is 202 Å². The summed E-state index contributed by atoms with van der Waals surface area (Å²) < 4.78 is 13.7. The van der Waals surface area contributed by atoms with Crippen LogP contribution >= 0.6 is 0 Å². The van der Waals surface area contributed by atoms with E-state index in [4.69, 9.17) is 19.4 Å². The zero-order valence-electron chi connectivity index (χ0n) is 39.0. The first kappa shape index (κ1) is 40.7. The molecule has 0 amide bonds. The van der Waals surface area contributed by atoms with Crippen molar-refractivity contribution < 1.29 is 14.6 Å². The smallest absolute Gasteiger partial charge is 0.171 e. The van der Waals surface area contributed by atoms with Gasteiger partial charge >= 0.3 is 0 Å². The van der Waals surface area contributed by atoms with Crippen LogP contribution in [0.25, 0.3) is 0 Å². The Bertz CT molecular complexity index is 1790. The average molecular weight is 809 g/mol. The van der Waals surface area contributed by atoms with E-state index >= 15 is 0 Å². The topological polar surface area (TPSA) is 64.5 Å². The van der Waals surface area contributed by atoms with Crippen LogP contribution in [0, 0.1) is 105 Å². The van der Waals surface area contributed by atoms with Crippen molar-refractivity contribution in [1.29, 1.82) is 0 Å². The number of hydrogen-bond acceptors (Lipinski definition) is 5. The van der Waals surface area contributed by atoms with Crippen molar-refractivity contribution in [2.75, 3.05) is 6.61 Å². The molecule has 1 aromatic heterocycles. The van der Waals surface area contributed by atoms with Gasteiger partial charge < -0.3 is 14.6 Å². The Hall–Kier alpha value is -1.04. The quantitative estimate of drug-likeness (QED) is 0.321. The fourth-order valence-corrected chi connectivity index (χ4v) is 19.7. The summed E-state index contributed by atoms with van der Waals surface area (Å²) in [6.07, 6.45) is 24.3. The highest BCUT2D eigenvalue weighted by Crippen LogP contribution is 2.72. The van der Waals surface area contributed by atoms with Crippen LogP contribution in [0.1, 0.15) is 181 Å². The third kappa shape index (κ3) is 5.75. The van der Waals surface area contributed by atoms with E-state index in [2.05, 4.69) is 62.3 Å². The molecule has 10 aliphatic rings. The van der Waals surface area contributed by atoms with Crippen LogP contribution in [0.3, 0.4) is 0 Å². The fraction of sp³-hybridized carbons (Fsp3) is 0.926. The first-order valence-corrected chi connectivity index (χ1v) is 26.0. The zero-order chi connectivity index (χ0) is 41.0. The molecule has 0 bridgehead atoms. The van der Waals surface area contributed by atoms with Crippen molar-refractivity contribution in [3.63, 3.8) is 0 Å². The van der Waals surface area contributed by atoms with Crippen LogP contribution in [-0.4, -0.2) is 39.7 Å². The lowest BCUT2D eigenvalue weighted by atomic mass is 9.43. The van der Waals surface area contributed by atoms with Crippen LogP contribution in [0.2, 0.25) is 0 Å². The number of rotatable bonds is 5. The molecule has 5 heteroatoms. The standard InChI is InChI=1S/C54H84N2O3/c1-30(2)11-10-12-32(4)38-17-18-39-36-15-13-34-23-43-45(27-51(34,7)40(36)20-21-50(38,39)6)55-44-24-35-14-16-37-41(52(35,8)28-46(44)56-43)26-48(57)53(9)42(37)25-47-49(53)33(5)54(59-47)22-19-31(3)29-58-54/h30-42,47-49,57H,10-29H2,1-9H3/t31-,32-,33+,34+,35+,36+,37-,38-,39+,40+,41+,42+,47+,48-,49+,50-,51+,52+,53-,54-/m1/s1. The molecule has 3 heterocycles. The van der Waals surface area contributed by atoms with Gasteiger partial charge in [-0.1, -0.05) is 81.6 Å². The Labute approximate surface area is 359 Å². The number of aliphatic hydroxyl groups excluding tert-OH is 1. The van der Waals surface area contributed by atoms with Gasteiger partial charge in [-0.2, -0.15) is 0 Å². The Balaban J connectivity index is 0.808. The maximum absolute atomic E-state index is 12.5. The molecule has 20 atom stereocenters. The molecule has 59 heavy (non-hydrogen) atoms. The van der Waals surface area contributed by atoms with Crippen LogP contribution in [0.4, 0.5) is 0 Å². The van der Waals surface area contributed by atoms with Gasteiger partial charge in [0.1, 0.15) is 0 Å². The average Bonchev–Trinajstić information content (AvgIpc) is 3.80. The molecular weight excluding hydrogens is 725 g/mol. The number of ether oxygens (including phenoxy) is 2. The predicted octanol–water partition coefficient (Wildman–Crippen LogP) is 11.8. The summed E-state index contributed by atoms with van der Waals surface area (Å²) in [5.41, 5.74) is 6.46. The number of aliphatic hydroxyl groups is 1. The van der Waals surface area contributed by atoms with Gasteiger partial charge in [-0.05, 0) is 184 Å². The second-order valence-corrected chi connectivity index (χ2v) is 25.7. The Kier molecular flexibility index (Phi) is 9.65. The Morgan fingerprint density at radius 3 is 1.97 bits per heavy atom. The summed E-state index contributed by atoms with van der Waals surface area (Å²) in [5.74, 6) is 9.38. The summed E-state index contributed by atoms with van der Waals surface area (Å²) in [5, 5.41) is 12.5. The molecule has 5 nitrogen and oxygen atoms in total. The highest BCUT2D eigenvalue weighted by Gasteiger charge is 2.72. The minimum atomic E-state index is -0.430. The van der Waals surface area contributed by atoms with Crippen molar-refractivity contribution in [2.24, 2.45) is 105 Å². The number of aromatic nitrogens is 2. The number of fused-ring (bicyclic) bond motifs is 14. The second kappa shape index (κ2) is 14.0.